The zero-order valence-corrected chi connectivity index (χ0v) is 11.6. The van der Waals surface area contributed by atoms with Gasteiger partial charge in [0, 0.05) is 31.5 Å². The van der Waals surface area contributed by atoms with Gasteiger partial charge >= 0.3 is 0 Å². The maximum atomic E-state index is 12.3. The molecule has 1 amide bonds. The number of aromatic nitrogens is 1. The number of hydrogen-bond donors (Lipinski definition) is 1. The minimum Gasteiger partial charge on any atom is -0.367 e. The molecule has 0 atom stereocenters. The van der Waals surface area contributed by atoms with Gasteiger partial charge in [0.05, 0.1) is 0 Å². The lowest BCUT2D eigenvalue weighted by atomic mass is 9.99. The van der Waals surface area contributed by atoms with E-state index in [1.54, 1.807) is 4.90 Å². The van der Waals surface area contributed by atoms with Crippen LogP contribution in [0.3, 0.4) is 0 Å². The number of rotatable bonds is 2. The normalized spacial score (nSPS) is 14.7. The molecule has 1 aliphatic heterocycles. The Morgan fingerprint density at radius 3 is 2.62 bits per heavy atom. The quantitative estimate of drug-likeness (QED) is 0.917. The zero-order chi connectivity index (χ0) is 14.7. The van der Waals surface area contributed by atoms with E-state index in [-0.39, 0.29) is 16.9 Å². The summed E-state index contributed by atoms with van der Waals surface area (Å²) < 4.78 is 0. The lowest BCUT2D eigenvalue weighted by Crippen LogP contribution is -2.37. The SMILES string of the molecule is O=C(c1c[nH]ccc1=O)N1CC=C(c2ccccc2)CC1. The summed E-state index contributed by atoms with van der Waals surface area (Å²) in [6, 6.07) is 11.5. The van der Waals surface area contributed by atoms with Crippen molar-refractivity contribution in [2.45, 2.75) is 6.42 Å². The monoisotopic (exact) mass is 280 g/mol. The molecule has 1 aromatic carbocycles. The highest BCUT2D eigenvalue weighted by Crippen LogP contribution is 2.22. The number of carbonyl (C=O) groups is 1. The van der Waals surface area contributed by atoms with Crippen LogP contribution in [0.5, 0.6) is 0 Å². The number of hydrogen-bond acceptors (Lipinski definition) is 2. The fourth-order valence-electron chi connectivity index (χ4n) is 2.52. The second-order valence-electron chi connectivity index (χ2n) is 5.02. The fraction of sp³-hybridized carbons (Fsp3) is 0.176. The second-order valence-corrected chi connectivity index (χ2v) is 5.02. The van der Waals surface area contributed by atoms with E-state index >= 15 is 0 Å². The van der Waals surface area contributed by atoms with Gasteiger partial charge in [-0.2, -0.15) is 0 Å². The van der Waals surface area contributed by atoms with Crippen molar-refractivity contribution in [3.05, 3.63) is 76.2 Å². The summed E-state index contributed by atoms with van der Waals surface area (Å²) in [5, 5.41) is 0. The van der Waals surface area contributed by atoms with Crippen molar-refractivity contribution in [1.29, 1.82) is 0 Å². The molecule has 1 aromatic heterocycles. The van der Waals surface area contributed by atoms with E-state index in [2.05, 4.69) is 23.2 Å². The molecule has 2 aromatic rings. The maximum Gasteiger partial charge on any atom is 0.259 e. The smallest absolute Gasteiger partial charge is 0.259 e. The highest BCUT2D eigenvalue weighted by atomic mass is 16.2. The summed E-state index contributed by atoms with van der Waals surface area (Å²) in [5.41, 5.74) is 2.41. The van der Waals surface area contributed by atoms with Gasteiger partial charge in [-0.15, -0.1) is 0 Å². The zero-order valence-electron chi connectivity index (χ0n) is 11.6. The molecule has 0 unspecified atom stereocenters. The number of amides is 1. The Balaban J connectivity index is 1.77. The highest BCUT2D eigenvalue weighted by molar-refractivity contribution is 5.94. The van der Waals surface area contributed by atoms with Crippen LogP contribution in [0, 0.1) is 0 Å². The molecule has 1 N–H and O–H groups in total. The molecular weight excluding hydrogens is 264 g/mol. The van der Waals surface area contributed by atoms with Crippen LogP contribution in [-0.2, 0) is 0 Å². The lowest BCUT2D eigenvalue weighted by Gasteiger charge is -2.26. The van der Waals surface area contributed by atoms with E-state index in [0.717, 1.165) is 6.42 Å². The molecule has 0 saturated carbocycles. The van der Waals surface area contributed by atoms with E-state index < -0.39 is 0 Å². The Kier molecular flexibility index (Phi) is 3.69. The van der Waals surface area contributed by atoms with Gasteiger partial charge in [-0.3, -0.25) is 9.59 Å². The summed E-state index contributed by atoms with van der Waals surface area (Å²) in [6.45, 7) is 1.17. The number of carbonyl (C=O) groups excluding carboxylic acids is 1. The summed E-state index contributed by atoms with van der Waals surface area (Å²) >= 11 is 0. The van der Waals surface area contributed by atoms with Gasteiger partial charge in [-0.1, -0.05) is 36.4 Å². The predicted octanol–water partition coefficient (Wildman–Crippen LogP) is 2.30. The summed E-state index contributed by atoms with van der Waals surface area (Å²) in [4.78, 5) is 28.5. The van der Waals surface area contributed by atoms with Crippen LogP contribution in [-0.4, -0.2) is 28.9 Å². The van der Waals surface area contributed by atoms with Crippen molar-refractivity contribution in [2.24, 2.45) is 0 Å². The third-order valence-electron chi connectivity index (χ3n) is 3.70. The van der Waals surface area contributed by atoms with E-state index in [1.165, 1.54) is 29.6 Å². The molecule has 0 aliphatic carbocycles. The molecule has 21 heavy (non-hydrogen) atoms. The largest absolute Gasteiger partial charge is 0.367 e. The van der Waals surface area contributed by atoms with Gasteiger partial charge in [-0.25, -0.2) is 0 Å². The molecule has 0 bridgehead atoms. The average molecular weight is 280 g/mol. The topological polar surface area (TPSA) is 53.2 Å². The minimum atomic E-state index is -0.239. The van der Waals surface area contributed by atoms with Gasteiger partial charge < -0.3 is 9.88 Å². The van der Waals surface area contributed by atoms with Crippen LogP contribution in [0.25, 0.3) is 5.57 Å². The summed E-state index contributed by atoms with van der Waals surface area (Å²) in [5.74, 6) is -0.208. The third-order valence-corrected chi connectivity index (χ3v) is 3.70. The number of aromatic amines is 1. The Hall–Kier alpha value is -2.62. The van der Waals surface area contributed by atoms with Gasteiger partial charge in [0.15, 0.2) is 5.43 Å². The number of pyridine rings is 1. The Labute approximate surface area is 122 Å². The number of nitrogens with one attached hydrogen (secondary N) is 1. The van der Waals surface area contributed by atoms with Crippen molar-refractivity contribution in [1.82, 2.24) is 9.88 Å². The van der Waals surface area contributed by atoms with Crippen LogP contribution in [0.1, 0.15) is 22.3 Å². The van der Waals surface area contributed by atoms with Crippen molar-refractivity contribution in [3.8, 4) is 0 Å². The minimum absolute atomic E-state index is 0.203. The first kappa shape index (κ1) is 13.4. The van der Waals surface area contributed by atoms with Gasteiger partial charge in [0.1, 0.15) is 5.56 Å². The van der Waals surface area contributed by atoms with Gasteiger partial charge in [-0.05, 0) is 17.6 Å². The summed E-state index contributed by atoms with van der Waals surface area (Å²) in [6.07, 6.45) is 5.87. The van der Waals surface area contributed by atoms with Crippen LogP contribution >= 0.6 is 0 Å². The fourth-order valence-corrected chi connectivity index (χ4v) is 2.52. The third kappa shape index (κ3) is 2.79. The van der Waals surface area contributed by atoms with E-state index in [1.807, 2.05) is 18.2 Å². The van der Waals surface area contributed by atoms with Gasteiger partial charge in [0.25, 0.3) is 5.91 Å². The molecule has 4 heteroatoms. The van der Waals surface area contributed by atoms with Gasteiger partial charge in [0.2, 0.25) is 0 Å². The highest BCUT2D eigenvalue weighted by Gasteiger charge is 2.20. The van der Waals surface area contributed by atoms with Crippen molar-refractivity contribution in [3.63, 3.8) is 0 Å². The van der Waals surface area contributed by atoms with Crippen LogP contribution in [0.2, 0.25) is 0 Å². The van der Waals surface area contributed by atoms with Crippen LogP contribution in [0.15, 0.2) is 59.7 Å². The standard InChI is InChI=1S/C17H16N2O2/c20-16-6-9-18-12-15(16)17(21)19-10-7-14(8-11-19)13-4-2-1-3-5-13/h1-7,9,12H,8,10-11H2,(H,18,20). The predicted molar refractivity (Wildman–Crippen MR) is 82.0 cm³/mol. The van der Waals surface area contributed by atoms with E-state index in [9.17, 15) is 9.59 Å². The van der Waals surface area contributed by atoms with Crippen LogP contribution < -0.4 is 5.43 Å². The average Bonchev–Trinajstić information content (AvgIpc) is 2.56. The number of H-pyrrole nitrogens is 1. The molecule has 3 rings (SSSR count). The Morgan fingerprint density at radius 1 is 1.14 bits per heavy atom. The molecular formula is C17H16N2O2. The lowest BCUT2D eigenvalue weighted by molar-refractivity contribution is 0.0771. The molecule has 1 aliphatic rings. The number of nitrogens with zero attached hydrogens (tertiary/aromatic N) is 1. The van der Waals surface area contributed by atoms with E-state index in [4.69, 9.17) is 0 Å². The first-order chi connectivity index (χ1) is 10.3. The molecule has 0 radical (unpaired) electrons. The first-order valence-electron chi connectivity index (χ1n) is 6.96. The summed E-state index contributed by atoms with van der Waals surface area (Å²) in [7, 11) is 0. The second kappa shape index (κ2) is 5.79. The van der Waals surface area contributed by atoms with Crippen molar-refractivity contribution < 1.29 is 4.79 Å². The number of benzene rings is 1. The molecule has 106 valence electrons. The Morgan fingerprint density at radius 2 is 1.95 bits per heavy atom. The first-order valence-corrected chi connectivity index (χ1v) is 6.96. The molecule has 0 fully saturated rings. The molecule has 2 heterocycles. The van der Waals surface area contributed by atoms with Crippen LogP contribution in [0.4, 0.5) is 0 Å². The van der Waals surface area contributed by atoms with E-state index in [0.29, 0.717) is 13.1 Å². The molecule has 4 nitrogen and oxygen atoms in total. The molecule has 0 spiro atoms. The Bertz CT molecular complexity index is 732. The molecule has 0 saturated heterocycles. The maximum absolute atomic E-state index is 12.3. The van der Waals surface area contributed by atoms with Crippen molar-refractivity contribution >= 4 is 11.5 Å². The van der Waals surface area contributed by atoms with Crippen molar-refractivity contribution in [2.75, 3.05) is 13.1 Å².